The summed E-state index contributed by atoms with van der Waals surface area (Å²) in [7, 11) is 3.81. The number of halogens is 2. The van der Waals surface area contributed by atoms with Gasteiger partial charge < -0.3 is 19.3 Å². The van der Waals surface area contributed by atoms with Crippen LogP contribution in [0, 0.1) is 11.6 Å². The molecule has 144 valence electrons. The highest BCUT2D eigenvalue weighted by Gasteiger charge is 2.24. The Morgan fingerprint density at radius 2 is 1.81 bits per heavy atom. The molecule has 0 aromatic heterocycles. The van der Waals surface area contributed by atoms with Crippen LogP contribution in [0.3, 0.4) is 0 Å². The van der Waals surface area contributed by atoms with Gasteiger partial charge in [-0.1, -0.05) is 12.1 Å². The third kappa shape index (κ3) is 4.54. The van der Waals surface area contributed by atoms with Crippen molar-refractivity contribution in [3.05, 3.63) is 59.2 Å². The highest BCUT2D eigenvalue weighted by Crippen LogP contribution is 2.34. The Morgan fingerprint density at radius 1 is 1.04 bits per heavy atom. The van der Waals surface area contributed by atoms with Crippen molar-refractivity contribution in [2.24, 2.45) is 0 Å². The van der Waals surface area contributed by atoms with Crippen LogP contribution in [0.5, 0.6) is 11.5 Å². The summed E-state index contributed by atoms with van der Waals surface area (Å²) in [5.41, 5.74) is 0.913. The third-order valence-corrected chi connectivity index (χ3v) is 4.26. The number of hydrogen-bond donors (Lipinski definition) is 0. The molecule has 0 saturated heterocycles. The molecule has 0 N–H and O–H groups in total. The van der Waals surface area contributed by atoms with E-state index in [1.165, 1.54) is 6.07 Å². The van der Waals surface area contributed by atoms with E-state index < -0.39 is 11.6 Å². The van der Waals surface area contributed by atoms with Crippen LogP contribution >= 0.6 is 0 Å². The number of amides is 1. The van der Waals surface area contributed by atoms with E-state index >= 15 is 0 Å². The van der Waals surface area contributed by atoms with E-state index in [-0.39, 0.29) is 12.5 Å². The normalized spacial score (nSPS) is 12.9. The maximum Gasteiger partial charge on any atom is 0.258 e. The van der Waals surface area contributed by atoms with Crippen LogP contribution in [0.25, 0.3) is 0 Å². The first-order valence-corrected chi connectivity index (χ1v) is 8.72. The van der Waals surface area contributed by atoms with Crippen molar-refractivity contribution in [3.8, 4) is 11.5 Å². The first-order chi connectivity index (χ1) is 13.0. The summed E-state index contributed by atoms with van der Waals surface area (Å²) in [4.78, 5) is 16.7. The molecule has 1 heterocycles. The van der Waals surface area contributed by atoms with Gasteiger partial charge in [0.05, 0.1) is 5.56 Å². The summed E-state index contributed by atoms with van der Waals surface area (Å²) in [6.07, 6.45) is 0. The minimum atomic E-state index is -0.929. The molecular formula is C20H22F2N2O3. The average Bonchev–Trinajstić information content (AvgIpc) is 2.66. The number of fused-ring (bicyclic) bond motifs is 1. The topological polar surface area (TPSA) is 42.0 Å². The fraction of sp³-hybridized carbons (Fsp3) is 0.350. The molecule has 2 aromatic carbocycles. The fourth-order valence-corrected chi connectivity index (χ4v) is 2.84. The number of para-hydroxylation sites is 1. The van der Waals surface area contributed by atoms with Crippen molar-refractivity contribution in [2.75, 3.05) is 40.4 Å². The summed E-state index contributed by atoms with van der Waals surface area (Å²) in [6, 6.07) is 8.84. The van der Waals surface area contributed by atoms with Crippen molar-refractivity contribution in [2.45, 2.75) is 6.54 Å². The molecule has 0 atom stereocenters. The van der Waals surface area contributed by atoms with Gasteiger partial charge in [0.2, 0.25) is 0 Å². The number of ether oxygens (including phenoxy) is 2. The number of rotatable bonds is 6. The lowest BCUT2D eigenvalue weighted by Gasteiger charge is -2.27. The summed E-state index contributed by atoms with van der Waals surface area (Å²) in [6.45, 7) is 2.02. The van der Waals surface area contributed by atoms with Crippen LogP contribution in [0.4, 0.5) is 8.78 Å². The van der Waals surface area contributed by atoms with E-state index in [1.54, 1.807) is 23.1 Å². The summed E-state index contributed by atoms with van der Waals surface area (Å²) in [5.74, 6) is -1.13. The highest BCUT2D eigenvalue weighted by atomic mass is 19.2. The summed E-state index contributed by atoms with van der Waals surface area (Å²) < 4.78 is 38.0. The molecule has 27 heavy (non-hydrogen) atoms. The van der Waals surface area contributed by atoms with Crippen LogP contribution in [-0.4, -0.2) is 56.1 Å². The van der Waals surface area contributed by atoms with E-state index in [4.69, 9.17) is 9.47 Å². The molecule has 1 amide bonds. The maximum absolute atomic E-state index is 13.6. The van der Waals surface area contributed by atoms with E-state index in [9.17, 15) is 13.6 Å². The minimum absolute atomic E-state index is 0.161. The van der Waals surface area contributed by atoms with Crippen LogP contribution in [0.2, 0.25) is 0 Å². The van der Waals surface area contributed by atoms with Gasteiger partial charge in [-0.05, 0) is 43.9 Å². The number of carbonyl (C=O) groups is 1. The van der Waals surface area contributed by atoms with E-state index in [2.05, 4.69) is 0 Å². The maximum atomic E-state index is 13.6. The second kappa shape index (κ2) is 8.35. The molecule has 5 nitrogen and oxygen atoms in total. The SMILES string of the molecule is CN(C)CCN(Cc1ccc(F)c(F)c1)C(=O)c1cccc2c1OCCO2. The van der Waals surface area contributed by atoms with Crippen molar-refractivity contribution in [1.29, 1.82) is 0 Å². The van der Waals surface area contributed by atoms with Crippen LogP contribution in [0.15, 0.2) is 36.4 Å². The minimum Gasteiger partial charge on any atom is -0.486 e. The molecular weight excluding hydrogens is 354 g/mol. The molecule has 2 aromatic rings. The first kappa shape index (κ1) is 19.1. The standard InChI is InChI=1S/C20H22F2N2O3/c1-23(2)8-9-24(13-14-6-7-16(21)17(22)12-14)20(25)15-4-3-5-18-19(15)27-11-10-26-18/h3-7,12H,8-11,13H2,1-2H3. The first-order valence-electron chi connectivity index (χ1n) is 8.72. The predicted molar refractivity (Wildman–Crippen MR) is 97.1 cm³/mol. The number of likely N-dealkylation sites (N-methyl/N-ethyl adjacent to an activating group) is 1. The Morgan fingerprint density at radius 3 is 2.56 bits per heavy atom. The van der Waals surface area contributed by atoms with Gasteiger partial charge in [-0.15, -0.1) is 0 Å². The van der Waals surface area contributed by atoms with Gasteiger partial charge in [-0.25, -0.2) is 8.78 Å². The highest BCUT2D eigenvalue weighted by molar-refractivity contribution is 5.97. The van der Waals surface area contributed by atoms with Gasteiger partial charge in [0.1, 0.15) is 13.2 Å². The smallest absolute Gasteiger partial charge is 0.258 e. The third-order valence-electron chi connectivity index (χ3n) is 4.26. The Kier molecular flexibility index (Phi) is 5.91. The number of hydrogen-bond acceptors (Lipinski definition) is 4. The van der Waals surface area contributed by atoms with Gasteiger partial charge in [-0.3, -0.25) is 4.79 Å². The lowest BCUT2D eigenvalue weighted by Crippen LogP contribution is -2.36. The Balaban J connectivity index is 1.88. The van der Waals surface area contributed by atoms with Gasteiger partial charge in [-0.2, -0.15) is 0 Å². The molecule has 0 saturated carbocycles. The summed E-state index contributed by atoms with van der Waals surface area (Å²) in [5, 5.41) is 0. The van der Waals surface area contributed by atoms with Gasteiger partial charge in [0.25, 0.3) is 5.91 Å². The molecule has 0 radical (unpaired) electrons. The fourth-order valence-electron chi connectivity index (χ4n) is 2.84. The molecule has 1 aliphatic rings. The van der Waals surface area contributed by atoms with Gasteiger partial charge in [0, 0.05) is 19.6 Å². The largest absolute Gasteiger partial charge is 0.486 e. The Hall–Kier alpha value is -2.67. The zero-order valence-corrected chi connectivity index (χ0v) is 15.4. The molecule has 0 unspecified atom stereocenters. The van der Waals surface area contributed by atoms with Crippen LogP contribution in [0.1, 0.15) is 15.9 Å². The summed E-state index contributed by atoms with van der Waals surface area (Å²) >= 11 is 0. The number of nitrogens with zero attached hydrogens (tertiary/aromatic N) is 2. The van der Waals surface area contributed by atoms with Crippen molar-refractivity contribution < 1.29 is 23.0 Å². The lowest BCUT2D eigenvalue weighted by molar-refractivity contribution is 0.0721. The second-order valence-corrected chi connectivity index (χ2v) is 6.61. The molecule has 7 heteroatoms. The van der Waals surface area contributed by atoms with Gasteiger partial charge >= 0.3 is 0 Å². The molecule has 0 fully saturated rings. The zero-order chi connectivity index (χ0) is 19.4. The molecule has 0 aliphatic carbocycles. The average molecular weight is 376 g/mol. The lowest BCUT2D eigenvalue weighted by atomic mass is 10.1. The second-order valence-electron chi connectivity index (χ2n) is 6.61. The van der Waals surface area contributed by atoms with Crippen molar-refractivity contribution in [3.63, 3.8) is 0 Å². The van der Waals surface area contributed by atoms with Crippen LogP contribution < -0.4 is 9.47 Å². The van der Waals surface area contributed by atoms with Gasteiger partial charge in [0.15, 0.2) is 23.1 Å². The van der Waals surface area contributed by atoms with E-state index in [0.29, 0.717) is 48.9 Å². The monoisotopic (exact) mass is 376 g/mol. The number of benzene rings is 2. The Labute approximate surface area is 157 Å². The zero-order valence-electron chi connectivity index (χ0n) is 15.4. The predicted octanol–water partition coefficient (Wildman–Crippen LogP) is 2.94. The van der Waals surface area contributed by atoms with E-state index in [0.717, 1.165) is 12.1 Å². The molecule has 1 aliphatic heterocycles. The van der Waals surface area contributed by atoms with E-state index in [1.807, 2.05) is 19.0 Å². The molecule has 0 bridgehead atoms. The van der Waals surface area contributed by atoms with Crippen molar-refractivity contribution in [1.82, 2.24) is 9.80 Å². The molecule has 0 spiro atoms. The van der Waals surface area contributed by atoms with Crippen LogP contribution in [-0.2, 0) is 6.54 Å². The van der Waals surface area contributed by atoms with Crippen molar-refractivity contribution >= 4 is 5.91 Å². The number of carbonyl (C=O) groups excluding carboxylic acids is 1. The quantitative estimate of drug-likeness (QED) is 0.778. The Bertz CT molecular complexity index is 827. The molecule has 3 rings (SSSR count).